The Kier molecular flexibility index (Phi) is 5.40. The van der Waals surface area contributed by atoms with E-state index in [-0.39, 0.29) is 5.92 Å². The fraction of sp³-hybridized carbons (Fsp3) is 0.500. The molecule has 3 aromatic rings. The zero-order valence-electron chi connectivity index (χ0n) is 19.2. The Bertz CT molecular complexity index is 1130. The third kappa shape index (κ3) is 3.83. The van der Waals surface area contributed by atoms with Crippen LogP contribution in [-0.4, -0.2) is 64.7 Å². The molecule has 2 fully saturated rings. The summed E-state index contributed by atoms with van der Waals surface area (Å²) in [6.07, 6.45) is 10.3. The first-order chi connectivity index (χ1) is 16.3. The maximum absolute atomic E-state index is 13.3. The first-order valence-electron chi connectivity index (χ1n) is 12.5. The van der Waals surface area contributed by atoms with E-state index in [1.54, 1.807) is 0 Å². The molecule has 3 aliphatic rings. The van der Waals surface area contributed by atoms with Gasteiger partial charge in [0.05, 0.1) is 5.69 Å². The summed E-state index contributed by atoms with van der Waals surface area (Å²) in [5.74, 6) is 1.52. The molecule has 0 saturated carbocycles. The van der Waals surface area contributed by atoms with Gasteiger partial charge in [0.1, 0.15) is 5.52 Å². The van der Waals surface area contributed by atoms with Crippen LogP contribution in [0.2, 0.25) is 0 Å². The normalized spacial score (nSPS) is 19.7. The molecule has 0 unspecified atom stereocenters. The summed E-state index contributed by atoms with van der Waals surface area (Å²) in [5.41, 5.74) is 5.07. The molecule has 0 bridgehead atoms. The number of anilines is 2. The number of piperidine rings is 1. The van der Waals surface area contributed by atoms with Gasteiger partial charge in [0.25, 0.3) is 0 Å². The van der Waals surface area contributed by atoms with Crippen molar-refractivity contribution < 1.29 is 4.79 Å². The highest BCUT2D eigenvalue weighted by atomic mass is 16.2. The Morgan fingerprint density at radius 1 is 0.879 bits per heavy atom. The van der Waals surface area contributed by atoms with Crippen LogP contribution in [0.25, 0.3) is 5.52 Å². The van der Waals surface area contributed by atoms with Gasteiger partial charge in [-0.25, -0.2) is 9.50 Å². The molecule has 0 N–H and O–H groups in total. The molecule has 7 nitrogen and oxygen atoms in total. The Balaban J connectivity index is 1.10. The highest BCUT2D eigenvalue weighted by Gasteiger charge is 2.32. The fourth-order valence-electron chi connectivity index (χ4n) is 5.80. The molecule has 7 heteroatoms. The van der Waals surface area contributed by atoms with Crippen LogP contribution in [0.1, 0.15) is 36.9 Å². The lowest BCUT2D eigenvalue weighted by molar-refractivity contribution is -0.136. The second-order valence-electron chi connectivity index (χ2n) is 9.59. The number of carbonyl (C=O) groups excluding carboxylic acids is 1. The van der Waals surface area contributed by atoms with E-state index in [1.807, 2.05) is 23.0 Å². The molecule has 2 aliphatic heterocycles. The zero-order chi connectivity index (χ0) is 22.2. The molecule has 1 aromatic carbocycles. The number of hydrogen-bond acceptors (Lipinski definition) is 5. The number of fused-ring (bicyclic) bond motifs is 3. The van der Waals surface area contributed by atoms with Crippen molar-refractivity contribution >= 4 is 22.9 Å². The molecule has 0 spiro atoms. The molecule has 33 heavy (non-hydrogen) atoms. The van der Waals surface area contributed by atoms with Crippen LogP contribution < -0.4 is 9.80 Å². The Morgan fingerprint density at radius 3 is 2.42 bits per heavy atom. The molecule has 1 aliphatic carbocycles. The smallest absolute Gasteiger partial charge is 0.225 e. The molecule has 172 valence electrons. The standard InChI is InChI=1S/C26H32N6O/c33-26(31-18-16-29(17-19-31)21-6-2-1-3-7-21)20-10-13-30(14-11-20)25-24-22-8-4-5-9-23(22)28-32(24)15-12-27-25/h1-3,6-7,12,15,20H,4-5,8-11,13-14,16-19H2. The minimum atomic E-state index is 0.128. The minimum Gasteiger partial charge on any atom is -0.368 e. The number of rotatable bonds is 3. The largest absolute Gasteiger partial charge is 0.368 e. The first kappa shape index (κ1) is 20.5. The van der Waals surface area contributed by atoms with Crippen LogP contribution >= 0.6 is 0 Å². The van der Waals surface area contributed by atoms with Crippen molar-refractivity contribution in [3.63, 3.8) is 0 Å². The van der Waals surface area contributed by atoms with Gasteiger partial charge in [-0.05, 0) is 50.7 Å². The molecular weight excluding hydrogens is 412 g/mol. The lowest BCUT2D eigenvalue weighted by Crippen LogP contribution is -2.51. The summed E-state index contributed by atoms with van der Waals surface area (Å²) in [4.78, 5) is 24.9. The third-order valence-electron chi connectivity index (χ3n) is 7.66. The lowest BCUT2D eigenvalue weighted by Gasteiger charge is -2.39. The highest BCUT2D eigenvalue weighted by Crippen LogP contribution is 2.32. The van der Waals surface area contributed by atoms with Crippen molar-refractivity contribution in [2.75, 3.05) is 49.1 Å². The van der Waals surface area contributed by atoms with E-state index >= 15 is 0 Å². The van der Waals surface area contributed by atoms with Crippen molar-refractivity contribution in [2.24, 2.45) is 5.92 Å². The third-order valence-corrected chi connectivity index (χ3v) is 7.66. The summed E-state index contributed by atoms with van der Waals surface area (Å²) in [6, 6.07) is 10.5. The second kappa shape index (κ2) is 8.69. The molecule has 2 saturated heterocycles. The number of hydrogen-bond donors (Lipinski definition) is 0. The number of aromatic nitrogens is 3. The monoisotopic (exact) mass is 444 g/mol. The van der Waals surface area contributed by atoms with E-state index in [0.29, 0.717) is 5.91 Å². The summed E-state index contributed by atoms with van der Waals surface area (Å²) in [6.45, 7) is 5.22. The number of nitrogens with zero attached hydrogens (tertiary/aromatic N) is 6. The van der Waals surface area contributed by atoms with Gasteiger partial charge >= 0.3 is 0 Å². The lowest BCUT2D eigenvalue weighted by atomic mass is 9.94. The average molecular weight is 445 g/mol. The second-order valence-corrected chi connectivity index (χ2v) is 9.59. The molecule has 4 heterocycles. The van der Waals surface area contributed by atoms with E-state index in [1.165, 1.54) is 35.3 Å². The minimum absolute atomic E-state index is 0.128. The van der Waals surface area contributed by atoms with Crippen molar-refractivity contribution in [1.82, 2.24) is 19.5 Å². The van der Waals surface area contributed by atoms with Gasteiger partial charge in [-0.2, -0.15) is 5.10 Å². The van der Waals surface area contributed by atoms with Gasteiger partial charge in [-0.15, -0.1) is 0 Å². The fourth-order valence-corrected chi connectivity index (χ4v) is 5.80. The first-order valence-corrected chi connectivity index (χ1v) is 12.5. The average Bonchev–Trinajstić information content (AvgIpc) is 3.28. The van der Waals surface area contributed by atoms with Crippen LogP contribution in [0, 0.1) is 5.92 Å². The van der Waals surface area contributed by atoms with E-state index < -0.39 is 0 Å². The topological polar surface area (TPSA) is 57.0 Å². The van der Waals surface area contributed by atoms with Crippen LogP contribution in [0.3, 0.4) is 0 Å². The van der Waals surface area contributed by atoms with Gasteiger partial charge in [-0.3, -0.25) is 4.79 Å². The predicted octanol–water partition coefficient (Wildman–Crippen LogP) is 3.17. The number of aryl methyl sites for hydroxylation is 2. The van der Waals surface area contributed by atoms with Crippen molar-refractivity contribution in [3.8, 4) is 0 Å². The van der Waals surface area contributed by atoms with Gasteiger partial charge in [-0.1, -0.05) is 18.2 Å². The number of para-hydroxylation sites is 1. The van der Waals surface area contributed by atoms with Crippen LogP contribution in [0.15, 0.2) is 42.7 Å². The maximum atomic E-state index is 13.3. The van der Waals surface area contributed by atoms with Gasteiger partial charge in [0.15, 0.2) is 5.82 Å². The summed E-state index contributed by atoms with van der Waals surface area (Å²) in [7, 11) is 0. The molecule has 0 atom stereocenters. The van der Waals surface area contributed by atoms with E-state index in [9.17, 15) is 4.79 Å². The summed E-state index contributed by atoms with van der Waals surface area (Å²) < 4.78 is 2.03. The van der Waals surface area contributed by atoms with E-state index in [2.05, 4.69) is 39.0 Å². The van der Waals surface area contributed by atoms with Gasteiger partial charge < -0.3 is 14.7 Å². The van der Waals surface area contributed by atoms with Crippen molar-refractivity contribution in [1.29, 1.82) is 0 Å². The summed E-state index contributed by atoms with van der Waals surface area (Å²) in [5, 5.41) is 4.83. The van der Waals surface area contributed by atoms with Crippen LogP contribution in [0.4, 0.5) is 11.5 Å². The van der Waals surface area contributed by atoms with Gasteiger partial charge in [0.2, 0.25) is 5.91 Å². The van der Waals surface area contributed by atoms with Crippen molar-refractivity contribution in [3.05, 3.63) is 54.0 Å². The number of amides is 1. The van der Waals surface area contributed by atoms with E-state index in [0.717, 1.165) is 70.8 Å². The molecule has 2 aromatic heterocycles. The van der Waals surface area contributed by atoms with Gasteiger partial charge in [0, 0.05) is 68.8 Å². The van der Waals surface area contributed by atoms with Crippen LogP contribution in [-0.2, 0) is 17.6 Å². The molecule has 1 amide bonds. The molecule has 0 radical (unpaired) electrons. The zero-order valence-corrected chi connectivity index (χ0v) is 19.2. The molecular formula is C26H32N6O. The number of carbonyl (C=O) groups is 1. The van der Waals surface area contributed by atoms with Crippen molar-refractivity contribution in [2.45, 2.75) is 38.5 Å². The highest BCUT2D eigenvalue weighted by molar-refractivity contribution is 5.80. The number of benzene rings is 1. The quantitative estimate of drug-likeness (QED) is 0.621. The van der Waals surface area contributed by atoms with E-state index in [4.69, 9.17) is 10.1 Å². The Hall–Kier alpha value is -3.09. The van der Waals surface area contributed by atoms with Crippen LogP contribution in [0.5, 0.6) is 0 Å². The predicted molar refractivity (Wildman–Crippen MR) is 130 cm³/mol. The Morgan fingerprint density at radius 2 is 1.64 bits per heavy atom. The molecule has 6 rings (SSSR count). The number of piperazine rings is 1. The maximum Gasteiger partial charge on any atom is 0.225 e. The summed E-state index contributed by atoms with van der Waals surface area (Å²) >= 11 is 0. The Labute approximate surface area is 195 Å². The SMILES string of the molecule is O=C(C1CCN(c2nccn3nc4c(c23)CCCC4)CC1)N1CCN(c2ccccc2)CC1.